The second-order valence-corrected chi connectivity index (χ2v) is 5.48. The fourth-order valence-electron chi connectivity index (χ4n) is 1.45. The van der Waals surface area contributed by atoms with Crippen molar-refractivity contribution in [3.05, 3.63) is 29.8 Å². The van der Waals surface area contributed by atoms with Crippen molar-refractivity contribution in [3.63, 3.8) is 0 Å². The number of nitrogens with one attached hydrogen (secondary N) is 1. The third-order valence-electron chi connectivity index (χ3n) is 2.39. The van der Waals surface area contributed by atoms with Gasteiger partial charge in [-0.2, -0.15) is 0 Å². The van der Waals surface area contributed by atoms with E-state index in [2.05, 4.69) is 5.32 Å². The van der Waals surface area contributed by atoms with E-state index in [1.165, 1.54) is 12.1 Å². The van der Waals surface area contributed by atoms with Gasteiger partial charge >= 0.3 is 5.97 Å². The minimum Gasteiger partial charge on any atom is -0.466 e. The third kappa shape index (κ3) is 5.82. The highest BCUT2D eigenvalue weighted by Crippen LogP contribution is 2.08. The summed E-state index contributed by atoms with van der Waals surface area (Å²) in [5, 5.41) is 8.06. The maximum absolute atomic E-state index is 11.1. The summed E-state index contributed by atoms with van der Waals surface area (Å²) in [6, 6.07) is 6.27. The molecule has 1 aromatic rings. The van der Waals surface area contributed by atoms with Gasteiger partial charge in [0.05, 0.1) is 17.9 Å². The van der Waals surface area contributed by atoms with Crippen molar-refractivity contribution >= 4 is 16.0 Å². The number of hydrogen-bond acceptors (Lipinski definition) is 5. The van der Waals surface area contributed by atoms with Gasteiger partial charge in [-0.15, -0.1) is 0 Å². The zero-order valence-electron chi connectivity index (χ0n) is 10.8. The summed E-state index contributed by atoms with van der Waals surface area (Å²) in [5.74, 6) is -0.237. The van der Waals surface area contributed by atoms with E-state index in [-0.39, 0.29) is 10.9 Å². The first kappa shape index (κ1) is 15.6. The lowest BCUT2D eigenvalue weighted by molar-refractivity contribution is -0.142. The Bertz CT molecular complexity index is 511. The summed E-state index contributed by atoms with van der Waals surface area (Å²) < 4.78 is 26.9. The molecule has 0 aliphatic rings. The molecule has 0 heterocycles. The highest BCUT2D eigenvalue weighted by atomic mass is 32.2. The van der Waals surface area contributed by atoms with Crippen molar-refractivity contribution in [2.24, 2.45) is 5.14 Å². The quantitative estimate of drug-likeness (QED) is 0.557. The van der Waals surface area contributed by atoms with Crippen LogP contribution in [0.3, 0.4) is 0 Å². The van der Waals surface area contributed by atoms with Crippen LogP contribution in [0.1, 0.15) is 18.9 Å². The van der Waals surface area contributed by atoms with Gasteiger partial charge in [0.15, 0.2) is 0 Å². The smallest absolute Gasteiger partial charge is 0.307 e. The van der Waals surface area contributed by atoms with E-state index < -0.39 is 10.0 Å². The predicted octanol–water partition coefficient (Wildman–Crippen LogP) is 0.377. The largest absolute Gasteiger partial charge is 0.466 e. The van der Waals surface area contributed by atoms with Gasteiger partial charge in [0.25, 0.3) is 0 Å². The third-order valence-corrected chi connectivity index (χ3v) is 3.32. The Hall–Kier alpha value is -1.44. The number of hydrogen-bond donors (Lipinski definition) is 2. The Kier molecular flexibility index (Phi) is 5.94. The fourth-order valence-corrected chi connectivity index (χ4v) is 1.97. The molecule has 0 radical (unpaired) electrons. The van der Waals surface area contributed by atoms with Gasteiger partial charge in [0.2, 0.25) is 10.0 Å². The van der Waals surface area contributed by atoms with E-state index in [4.69, 9.17) is 9.88 Å². The Morgan fingerprint density at radius 2 is 1.95 bits per heavy atom. The van der Waals surface area contributed by atoms with Crippen LogP contribution >= 0.6 is 0 Å². The summed E-state index contributed by atoms with van der Waals surface area (Å²) in [5.41, 5.74) is 0.913. The van der Waals surface area contributed by atoms with E-state index in [0.717, 1.165) is 5.56 Å². The number of esters is 1. The summed E-state index contributed by atoms with van der Waals surface area (Å²) in [7, 11) is -3.64. The second-order valence-electron chi connectivity index (χ2n) is 3.92. The number of carbonyl (C=O) groups is 1. The Morgan fingerprint density at radius 1 is 1.32 bits per heavy atom. The van der Waals surface area contributed by atoms with E-state index in [0.29, 0.717) is 26.1 Å². The van der Waals surface area contributed by atoms with Crippen LogP contribution in [0.15, 0.2) is 29.2 Å². The van der Waals surface area contributed by atoms with Crippen molar-refractivity contribution in [1.29, 1.82) is 0 Å². The van der Waals surface area contributed by atoms with Gasteiger partial charge in [0.1, 0.15) is 0 Å². The molecular weight excluding hydrogens is 268 g/mol. The molecule has 7 heteroatoms. The molecule has 3 N–H and O–H groups in total. The van der Waals surface area contributed by atoms with Crippen molar-refractivity contribution in [3.8, 4) is 0 Å². The van der Waals surface area contributed by atoms with Crippen LogP contribution in [0, 0.1) is 0 Å². The van der Waals surface area contributed by atoms with Crippen LogP contribution in [-0.2, 0) is 26.1 Å². The Balaban J connectivity index is 2.37. The number of nitrogens with two attached hydrogens (primary N) is 1. The lowest BCUT2D eigenvalue weighted by Crippen LogP contribution is -2.19. The lowest BCUT2D eigenvalue weighted by Gasteiger charge is -2.05. The molecule has 6 nitrogen and oxygen atoms in total. The van der Waals surface area contributed by atoms with Crippen LogP contribution in [-0.4, -0.2) is 27.5 Å². The molecule has 0 aliphatic heterocycles. The maximum Gasteiger partial charge on any atom is 0.307 e. The molecule has 0 saturated heterocycles. The molecule has 19 heavy (non-hydrogen) atoms. The molecule has 0 amide bonds. The summed E-state index contributed by atoms with van der Waals surface area (Å²) in [6.07, 6.45) is 0.309. The number of ether oxygens (including phenoxy) is 1. The van der Waals surface area contributed by atoms with Crippen molar-refractivity contribution in [1.82, 2.24) is 5.32 Å². The van der Waals surface area contributed by atoms with Crippen LogP contribution in [0.25, 0.3) is 0 Å². The monoisotopic (exact) mass is 286 g/mol. The van der Waals surface area contributed by atoms with E-state index >= 15 is 0 Å². The maximum atomic E-state index is 11.1. The molecule has 0 bridgehead atoms. The van der Waals surface area contributed by atoms with Crippen LogP contribution in [0.2, 0.25) is 0 Å². The van der Waals surface area contributed by atoms with Crippen molar-refractivity contribution in [2.45, 2.75) is 24.8 Å². The molecule has 1 aromatic carbocycles. The summed E-state index contributed by atoms with van der Waals surface area (Å²) >= 11 is 0. The molecule has 0 saturated carbocycles. The van der Waals surface area contributed by atoms with Crippen LogP contribution < -0.4 is 10.5 Å². The van der Waals surface area contributed by atoms with Crippen LogP contribution in [0.4, 0.5) is 0 Å². The zero-order valence-corrected chi connectivity index (χ0v) is 11.6. The minimum absolute atomic E-state index is 0.0859. The van der Waals surface area contributed by atoms with E-state index in [9.17, 15) is 13.2 Å². The van der Waals surface area contributed by atoms with Gasteiger partial charge in [-0.3, -0.25) is 4.79 Å². The first-order chi connectivity index (χ1) is 8.93. The molecule has 106 valence electrons. The molecule has 0 atom stereocenters. The molecule has 0 spiro atoms. The Labute approximate surface area is 113 Å². The molecule has 0 aromatic heterocycles. The number of benzene rings is 1. The second kappa shape index (κ2) is 7.22. The highest BCUT2D eigenvalue weighted by molar-refractivity contribution is 7.89. The number of rotatable bonds is 7. The topological polar surface area (TPSA) is 98.5 Å². The number of primary sulfonamides is 1. The highest BCUT2D eigenvalue weighted by Gasteiger charge is 2.06. The van der Waals surface area contributed by atoms with Gasteiger partial charge in [-0.1, -0.05) is 12.1 Å². The van der Waals surface area contributed by atoms with E-state index in [1.807, 2.05) is 0 Å². The lowest BCUT2D eigenvalue weighted by atomic mass is 10.2. The summed E-state index contributed by atoms with van der Waals surface area (Å²) in [4.78, 5) is 11.2. The van der Waals surface area contributed by atoms with Crippen LogP contribution in [0.5, 0.6) is 0 Å². The zero-order chi connectivity index (χ0) is 14.3. The molecule has 0 aliphatic carbocycles. The molecular formula is C12H18N2O4S. The SMILES string of the molecule is CCOC(=O)CCNCc1ccc(S(N)(=O)=O)cc1. The Morgan fingerprint density at radius 3 is 2.47 bits per heavy atom. The fraction of sp³-hybridized carbons (Fsp3) is 0.417. The van der Waals surface area contributed by atoms with Gasteiger partial charge in [-0.25, -0.2) is 13.6 Å². The van der Waals surface area contributed by atoms with E-state index in [1.54, 1.807) is 19.1 Å². The minimum atomic E-state index is -3.64. The standard InChI is InChI=1S/C12H18N2O4S/c1-2-18-12(15)7-8-14-9-10-3-5-11(6-4-10)19(13,16)17/h3-6,14H,2,7-9H2,1H3,(H2,13,16,17). The molecule has 1 rings (SSSR count). The normalized spacial score (nSPS) is 11.3. The molecule has 0 fully saturated rings. The average Bonchev–Trinajstić information content (AvgIpc) is 2.34. The number of carbonyl (C=O) groups excluding carboxylic acids is 1. The van der Waals surface area contributed by atoms with Gasteiger partial charge in [0, 0.05) is 13.1 Å². The van der Waals surface area contributed by atoms with Crippen molar-refractivity contribution in [2.75, 3.05) is 13.2 Å². The van der Waals surface area contributed by atoms with Crippen molar-refractivity contribution < 1.29 is 17.9 Å². The molecule has 0 unspecified atom stereocenters. The first-order valence-electron chi connectivity index (χ1n) is 5.91. The van der Waals surface area contributed by atoms with Gasteiger partial charge < -0.3 is 10.1 Å². The number of sulfonamides is 1. The first-order valence-corrected chi connectivity index (χ1v) is 7.46. The average molecular weight is 286 g/mol. The predicted molar refractivity (Wildman–Crippen MR) is 70.8 cm³/mol. The van der Waals surface area contributed by atoms with Gasteiger partial charge in [-0.05, 0) is 24.6 Å². The summed E-state index contributed by atoms with van der Waals surface area (Å²) in [6.45, 7) is 3.20.